The van der Waals surface area contributed by atoms with E-state index in [1.54, 1.807) is 0 Å². The van der Waals surface area contributed by atoms with Crippen LogP contribution in [0.4, 0.5) is 0 Å². The van der Waals surface area contributed by atoms with Gasteiger partial charge in [-0.2, -0.15) is 0 Å². The topological polar surface area (TPSA) is 176 Å². The molecule has 0 saturated heterocycles. The fraction of sp³-hybridized carbons (Fsp3) is 1.00. The lowest BCUT2D eigenvalue weighted by Crippen LogP contribution is -2.42. The molecule has 0 aliphatic rings. The molecule has 0 fully saturated rings. The highest BCUT2D eigenvalue weighted by atomic mass is 31.3. The summed E-state index contributed by atoms with van der Waals surface area (Å²) in [7, 11) is -15.6. The summed E-state index contributed by atoms with van der Waals surface area (Å²) in [4.78, 5) is 54.0. The second kappa shape index (κ2) is 5.66. The van der Waals surface area contributed by atoms with Gasteiger partial charge in [-0.3, -0.25) is 4.57 Å². The number of nitrogens with zero attached hydrogens (tertiary/aromatic N) is 1. The Kier molecular flexibility index (Phi) is 5.78. The maximum atomic E-state index is 11.2. The zero-order valence-corrected chi connectivity index (χ0v) is 13.2. The molecule has 0 heterocycles. The van der Waals surface area contributed by atoms with E-state index in [0.29, 0.717) is 0 Å². The Hall–Kier alpha value is 0.410. The van der Waals surface area contributed by atoms with Gasteiger partial charge in [0, 0.05) is 6.04 Å². The molecule has 1 unspecified atom stereocenters. The summed E-state index contributed by atoms with van der Waals surface area (Å²) in [5.74, 6) is 0. The van der Waals surface area contributed by atoms with Crippen molar-refractivity contribution in [1.82, 2.24) is 4.44 Å². The zero-order chi connectivity index (χ0) is 15.9. The highest BCUT2D eigenvalue weighted by molar-refractivity contribution is 7.65. The monoisotopic (exact) mass is 341 g/mol. The van der Waals surface area contributed by atoms with E-state index in [1.165, 1.54) is 20.8 Å². The second-order valence-corrected chi connectivity index (χ2v) is 10.0. The molecule has 19 heavy (non-hydrogen) atoms. The van der Waals surface area contributed by atoms with E-state index >= 15 is 0 Å². The minimum atomic E-state index is -5.41. The van der Waals surface area contributed by atoms with E-state index in [-0.39, 0.29) is 0 Å². The minimum Gasteiger partial charge on any atom is -0.324 e. The van der Waals surface area contributed by atoms with E-state index in [1.807, 2.05) is 0 Å². The molecule has 0 amide bonds. The lowest BCUT2D eigenvalue weighted by Gasteiger charge is -2.39. The van der Waals surface area contributed by atoms with Crippen molar-refractivity contribution in [3.63, 3.8) is 0 Å². The van der Waals surface area contributed by atoms with Crippen LogP contribution in [0.3, 0.4) is 0 Å². The molecule has 0 bridgehead atoms. The van der Waals surface area contributed by atoms with Gasteiger partial charge in [-0.15, -0.1) is 4.44 Å². The van der Waals surface area contributed by atoms with Crippen molar-refractivity contribution >= 4 is 23.1 Å². The molecule has 0 saturated carbocycles. The van der Waals surface area contributed by atoms with Gasteiger partial charge in [-0.1, -0.05) is 20.8 Å². The van der Waals surface area contributed by atoms with Crippen molar-refractivity contribution in [2.75, 3.05) is 6.16 Å². The lowest BCUT2D eigenvalue weighted by molar-refractivity contribution is 0.175. The highest BCUT2D eigenvalue weighted by Crippen LogP contribution is 2.62. The van der Waals surface area contributed by atoms with Gasteiger partial charge in [0.2, 0.25) is 0 Å². The third-order valence-electron chi connectivity index (χ3n) is 2.22. The molecule has 0 aromatic heterocycles. The Balaban J connectivity index is 5.88. The van der Waals surface area contributed by atoms with Gasteiger partial charge >= 0.3 is 23.1 Å². The van der Waals surface area contributed by atoms with Gasteiger partial charge in [0.15, 0.2) is 0 Å². The maximum Gasteiger partial charge on any atom is 0.412 e. The third kappa shape index (κ3) is 6.60. The van der Waals surface area contributed by atoms with Crippen LogP contribution in [0.15, 0.2) is 0 Å². The van der Waals surface area contributed by atoms with Crippen LogP contribution in [0.2, 0.25) is 0 Å². The predicted molar refractivity (Wildman–Crippen MR) is 66.1 cm³/mol. The van der Waals surface area contributed by atoms with Crippen LogP contribution in [0, 0.1) is 5.41 Å². The average molecular weight is 341 g/mol. The molecule has 0 spiro atoms. The van der Waals surface area contributed by atoms with Crippen LogP contribution in [0.5, 0.6) is 0 Å². The van der Waals surface area contributed by atoms with Crippen molar-refractivity contribution in [3.05, 3.63) is 0 Å². The van der Waals surface area contributed by atoms with Crippen molar-refractivity contribution in [1.29, 1.82) is 0 Å². The van der Waals surface area contributed by atoms with Crippen LogP contribution >= 0.6 is 23.1 Å². The quantitative estimate of drug-likeness (QED) is 0.375. The first-order valence-electron chi connectivity index (χ1n) is 4.92. The van der Waals surface area contributed by atoms with Gasteiger partial charge in [-0.25, -0.2) is 9.13 Å². The van der Waals surface area contributed by atoms with E-state index < -0.39 is 45.1 Å². The first kappa shape index (κ1) is 19.4. The molecule has 0 aromatic rings. The molecule has 1 atom stereocenters. The number of hydrogen-bond acceptors (Lipinski definition) is 3. The maximum absolute atomic E-state index is 11.2. The number of rotatable bonds is 5. The molecule has 0 aromatic carbocycles. The SMILES string of the molecule is CC(C)(C)C(CP(=O)(O)O)N(P(=O)(O)O)P(=O)(O)O. The fourth-order valence-corrected chi connectivity index (χ4v) is 5.65. The molecule has 0 rings (SSSR count). The van der Waals surface area contributed by atoms with Crippen molar-refractivity contribution in [2.24, 2.45) is 5.41 Å². The molecule has 10 nitrogen and oxygen atoms in total. The predicted octanol–water partition coefficient (Wildman–Crippen LogP) is 0.0662. The first-order chi connectivity index (χ1) is 7.96. The standard InChI is InChI=1S/C6H18NO9P3/c1-6(2,3)5(4-17(8,9)10)7(18(11,12)13)19(14,15)16/h5H,4H2,1-3H3,(H2,8,9,10)(H2,11,12,13)(H2,14,15,16). The van der Waals surface area contributed by atoms with E-state index in [9.17, 15) is 13.7 Å². The summed E-state index contributed by atoms with van der Waals surface area (Å²) in [5, 5.41) is 0. The Morgan fingerprint density at radius 3 is 1.37 bits per heavy atom. The van der Waals surface area contributed by atoms with Crippen molar-refractivity contribution < 1.29 is 43.1 Å². The fourth-order valence-electron chi connectivity index (χ4n) is 1.43. The summed E-state index contributed by atoms with van der Waals surface area (Å²) in [6.07, 6.45) is -1.09. The second-order valence-electron chi connectivity index (χ2n) is 5.08. The summed E-state index contributed by atoms with van der Waals surface area (Å²) in [5.41, 5.74) is -1.19. The zero-order valence-electron chi connectivity index (χ0n) is 10.5. The molecule has 13 heteroatoms. The van der Waals surface area contributed by atoms with Gasteiger partial charge < -0.3 is 29.4 Å². The first-order valence-corrected chi connectivity index (χ1v) is 9.85. The summed E-state index contributed by atoms with van der Waals surface area (Å²) >= 11 is 0. The van der Waals surface area contributed by atoms with Crippen LogP contribution in [-0.4, -0.2) is 46.0 Å². The van der Waals surface area contributed by atoms with Crippen molar-refractivity contribution in [3.8, 4) is 0 Å². The van der Waals surface area contributed by atoms with E-state index in [2.05, 4.69) is 0 Å². The van der Waals surface area contributed by atoms with E-state index in [0.717, 1.165) is 0 Å². The third-order valence-corrected chi connectivity index (χ3v) is 6.07. The molecule has 0 aliphatic carbocycles. The van der Waals surface area contributed by atoms with Gasteiger partial charge in [0.25, 0.3) is 0 Å². The van der Waals surface area contributed by atoms with Crippen LogP contribution in [-0.2, 0) is 13.7 Å². The molecule has 6 N–H and O–H groups in total. The Morgan fingerprint density at radius 1 is 0.895 bits per heavy atom. The molecular weight excluding hydrogens is 323 g/mol. The van der Waals surface area contributed by atoms with Crippen LogP contribution in [0.1, 0.15) is 20.8 Å². The molecular formula is C6H18NO9P3. The van der Waals surface area contributed by atoms with Gasteiger partial charge in [-0.05, 0) is 5.41 Å². The van der Waals surface area contributed by atoms with Gasteiger partial charge in [0.05, 0.1) is 6.16 Å². The van der Waals surface area contributed by atoms with Gasteiger partial charge in [0.1, 0.15) is 0 Å². The molecule has 0 radical (unpaired) electrons. The van der Waals surface area contributed by atoms with Crippen molar-refractivity contribution in [2.45, 2.75) is 26.8 Å². The largest absolute Gasteiger partial charge is 0.412 e. The smallest absolute Gasteiger partial charge is 0.324 e. The Morgan fingerprint density at radius 2 is 1.21 bits per heavy atom. The Bertz CT molecular complexity index is 431. The summed E-state index contributed by atoms with van der Waals surface area (Å²) in [6.45, 7) is 4.06. The average Bonchev–Trinajstić information content (AvgIpc) is 1.91. The molecule has 0 aliphatic heterocycles. The summed E-state index contributed by atoms with van der Waals surface area (Å²) < 4.78 is 33.0. The van der Waals surface area contributed by atoms with Crippen LogP contribution in [0.25, 0.3) is 0 Å². The highest BCUT2D eigenvalue weighted by Gasteiger charge is 2.50. The molecule has 116 valence electrons. The minimum absolute atomic E-state index is 0.431. The summed E-state index contributed by atoms with van der Waals surface area (Å²) in [6, 6.07) is -1.71. The van der Waals surface area contributed by atoms with Crippen LogP contribution < -0.4 is 0 Å². The van der Waals surface area contributed by atoms with E-state index in [4.69, 9.17) is 29.4 Å². The normalized spacial score (nSPS) is 16.7. The Labute approximate surface area is 110 Å². The lowest BCUT2D eigenvalue weighted by atomic mass is 9.89. The number of hydrogen-bond donors (Lipinski definition) is 6.